The van der Waals surface area contributed by atoms with E-state index in [9.17, 15) is 4.39 Å². The summed E-state index contributed by atoms with van der Waals surface area (Å²) in [5, 5.41) is 3.33. The smallest absolute Gasteiger partial charge is 0.217 e. The van der Waals surface area contributed by atoms with E-state index in [1.54, 1.807) is 0 Å². The Hall–Kier alpha value is -3.20. The number of para-hydroxylation sites is 1. The molecule has 1 aliphatic carbocycles. The van der Waals surface area contributed by atoms with Crippen LogP contribution in [0.3, 0.4) is 0 Å². The molecule has 31 heavy (non-hydrogen) atoms. The van der Waals surface area contributed by atoms with Crippen LogP contribution in [-0.2, 0) is 7.05 Å². The van der Waals surface area contributed by atoms with Gasteiger partial charge in [-0.05, 0) is 55.0 Å². The molecule has 3 aromatic carbocycles. The zero-order valence-corrected chi connectivity index (χ0v) is 17.9. The molecule has 1 fully saturated rings. The first kappa shape index (κ1) is 18.6. The first-order chi connectivity index (χ1) is 15.1. The molecular formula is C28H25FNO+. The lowest BCUT2D eigenvalue weighted by Crippen LogP contribution is -2.33. The second-order valence-electron chi connectivity index (χ2n) is 8.92. The highest BCUT2D eigenvalue weighted by Gasteiger charge is 2.27. The highest BCUT2D eigenvalue weighted by Crippen LogP contribution is 2.41. The molecule has 3 heteroatoms. The van der Waals surface area contributed by atoms with E-state index in [1.807, 2.05) is 6.07 Å². The molecule has 0 saturated heterocycles. The Morgan fingerprint density at radius 1 is 0.903 bits per heavy atom. The van der Waals surface area contributed by atoms with Crippen LogP contribution in [0.25, 0.3) is 44.1 Å². The lowest BCUT2D eigenvalue weighted by atomic mass is 9.91. The number of rotatable bonds is 2. The van der Waals surface area contributed by atoms with Gasteiger partial charge >= 0.3 is 0 Å². The summed E-state index contributed by atoms with van der Waals surface area (Å²) in [5.41, 5.74) is 7.53. The molecule has 0 radical (unpaired) electrons. The van der Waals surface area contributed by atoms with E-state index in [-0.39, 0.29) is 5.82 Å². The Morgan fingerprint density at radius 3 is 2.52 bits per heavy atom. The molecule has 5 aromatic rings. The van der Waals surface area contributed by atoms with Gasteiger partial charge in [-0.2, -0.15) is 4.57 Å². The van der Waals surface area contributed by atoms with Crippen molar-refractivity contribution in [2.24, 2.45) is 7.05 Å². The molecule has 0 atom stereocenters. The summed E-state index contributed by atoms with van der Waals surface area (Å²) in [5.74, 6) is 0.332. The Bertz CT molecular complexity index is 1470. The molecule has 2 heterocycles. The Morgan fingerprint density at radius 2 is 1.68 bits per heavy atom. The topological polar surface area (TPSA) is 17.0 Å². The third kappa shape index (κ3) is 2.79. The fourth-order valence-electron chi connectivity index (χ4n) is 5.51. The maximum Gasteiger partial charge on any atom is 0.217 e. The summed E-state index contributed by atoms with van der Waals surface area (Å²) in [6, 6.07) is 20.2. The average Bonchev–Trinajstić information content (AvgIpc) is 3.42. The van der Waals surface area contributed by atoms with E-state index >= 15 is 0 Å². The van der Waals surface area contributed by atoms with Gasteiger partial charge in [0.1, 0.15) is 24.0 Å². The van der Waals surface area contributed by atoms with Gasteiger partial charge in [-0.3, -0.25) is 0 Å². The predicted octanol–water partition coefficient (Wildman–Crippen LogP) is 7.34. The lowest BCUT2D eigenvalue weighted by molar-refractivity contribution is -0.633. The fraction of sp³-hybridized carbons (Fsp3) is 0.250. The summed E-state index contributed by atoms with van der Waals surface area (Å²) in [6.07, 6.45) is 5.12. The minimum Gasteiger partial charge on any atom is -0.455 e. The van der Waals surface area contributed by atoms with Crippen LogP contribution in [0, 0.1) is 12.7 Å². The minimum absolute atomic E-state index is 0.274. The Labute approximate surface area is 180 Å². The number of aromatic nitrogens is 1. The van der Waals surface area contributed by atoms with E-state index in [1.165, 1.54) is 54.3 Å². The molecular weight excluding hydrogens is 385 g/mol. The van der Waals surface area contributed by atoms with E-state index < -0.39 is 0 Å². The molecule has 0 spiro atoms. The molecule has 0 aliphatic heterocycles. The molecule has 0 N–H and O–H groups in total. The van der Waals surface area contributed by atoms with Gasteiger partial charge < -0.3 is 4.42 Å². The van der Waals surface area contributed by atoms with Gasteiger partial charge in [-0.1, -0.05) is 37.1 Å². The summed E-state index contributed by atoms with van der Waals surface area (Å²) < 4.78 is 22.4. The first-order valence-electron chi connectivity index (χ1n) is 11.2. The van der Waals surface area contributed by atoms with Gasteiger partial charge in [-0.15, -0.1) is 0 Å². The van der Waals surface area contributed by atoms with Crippen molar-refractivity contribution >= 4 is 32.8 Å². The molecule has 0 amide bonds. The van der Waals surface area contributed by atoms with Crippen molar-refractivity contribution in [3.05, 3.63) is 77.6 Å². The van der Waals surface area contributed by atoms with Crippen LogP contribution in [0.4, 0.5) is 4.39 Å². The zero-order chi connectivity index (χ0) is 21.1. The molecule has 154 valence electrons. The minimum atomic E-state index is -0.274. The SMILES string of the molecule is Cc1ccc2c(oc3cc(F)ccc32)c1-c1cc(C2CCCC2)c2ccccc2[n+]1C. The van der Waals surface area contributed by atoms with Crippen molar-refractivity contribution in [2.75, 3.05) is 0 Å². The van der Waals surface area contributed by atoms with Crippen LogP contribution in [-0.4, -0.2) is 0 Å². The highest BCUT2D eigenvalue weighted by atomic mass is 19.1. The quantitative estimate of drug-likeness (QED) is 0.278. The predicted molar refractivity (Wildman–Crippen MR) is 124 cm³/mol. The maximum absolute atomic E-state index is 13.9. The number of hydrogen-bond donors (Lipinski definition) is 0. The van der Waals surface area contributed by atoms with Crippen molar-refractivity contribution in [3.8, 4) is 11.3 Å². The number of nitrogens with zero attached hydrogens (tertiary/aromatic N) is 1. The van der Waals surface area contributed by atoms with Gasteiger partial charge in [0, 0.05) is 34.4 Å². The normalized spacial score (nSPS) is 14.9. The fourth-order valence-corrected chi connectivity index (χ4v) is 5.51. The number of hydrogen-bond acceptors (Lipinski definition) is 1. The Balaban J connectivity index is 1.71. The van der Waals surface area contributed by atoms with E-state index in [0.717, 1.165) is 33.2 Å². The summed E-state index contributed by atoms with van der Waals surface area (Å²) in [7, 11) is 2.14. The molecule has 2 nitrogen and oxygen atoms in total. The van der Waals surface area contributed by atoms with Crippen LogP contribution in [0.2, 0.25) is 0 Å². The number of benzene rings is 3. The number of pyridine rings is 1. The van der Waals surface area contributed by atoms with Gasteiger partial charge in [0.05, 0.1) is 5.56 Å². The summed E-state index contributed by atoms with van der Waals surface area (Å²) in [6.45, 7) is 2.13. The second kappa shape index (κ2) is 6.91. The summed E-state index contributed by atoms with van der Waals surface area (Å²) >= 11 is 0. The number of aryl methyl sites for hydroxylation is 2. The van der Waals surface area contributed by atoms with Crippen LogP contribution >= 0.6 is 0 Å². The van der Waals surface area contributed by atoms with E-state index in [4.69, 9.17) is 4.42 Å². The third-order valence-electron chi connectivity index (χ3n) is 7.09. The third-order valence-corrected chi connectivity index (χ3v) is 7.09. The van der Waals surface area contributed by atoms with Crippen LogP contribution in [0.15, 0.2) is 65.1 Å². The van der Waals surface area contributed by atoms with Gasteiger partial charge in [0.15, 0.2) is 0 Å². The van der Waals surface area contributed by atoms with Crippen molar-refractivity contribution in [2.45, 2.75) is 38.5 Å². The molecule has 0 bridgehead atoms. The first-order valence-corrected chi connectivity index (χ1v) is 11.2. The van der Waals surface area contributed by atoms with Gasteiger partial charge in [-0.25, -0.2) is 4.39 Å². The van der Waals surface area contributed by atoms with Gasteiger partial charge in [0.2, 0.25) is 11.2 Å². The number of halogens is 1. The number of fused-ring (bicyclic) bond motifs is 4. The van der Waals surface area contributed by atoms with Gasteiger partial charge in [0.25, 0.3) is 0 Å². The van der Waals surface area contributed by atoms with E-state index in [0.29, 0.717) is 11.5 Å². The molecule has 1 saturated carbocycles. The number of furan rings is 1. The van der Waals surface area contributed by atoms with Crippen LogP contribution < -0.4 is 4.57 Å². The van der Waals surface area contributed by atoms with Crippen molar-refractivity contribution in [1.29, 1.82) is 0 Å². The standard InChI is InChI=1S/C28H25FNO/c1-17-11-13-22-21-14-12-19(29)15-26(21)31-28(22)27(17)25-16-23(18-7-3-4-8-18)20-9-5-6-10-24(20)30(25)2/h5-6,9-16,18H,3-4,7-8H2,1-2H3/q+1. The largest absolute Gasteiger partial charge is 0.455 e. The highest BCUT2D eigenvalue weighted by molar-refractivity contribution is 6.09. The summed E-state index contributed by atoms with van der Waals surface area (Å²) in [4.78, 5) is 0. The molecule has 2 aromatic heterocycles. The monoisotopic (exact) mass is 410 g/mol. The maximum atomic E-state index is 13.9. The van der Waals surface area contributed by atoms with Crippen molar-refractivity contribution in [1.82, 2.24) is 0 Å². The van der Waals surface area contributed by atoms with Crippen LogP contribution in [0.5, 0.6) is 0 Å². The molecule has 0 unspecified atom stereocenters. The average molecular weight is 411 g/mol. The molecule has 6 rings (SSSR count). The van der Waals surface area contributed by atoms with Crippen molar-refractivity contribution < 1.29 is 13.4 Å². The zero-order valence-electron chi connectivity index (χ0n) is 17.9. The van der Waals surface area contributed by atoms with Crippen molar-refractivity contribution in [3.63, 3.8) is 0 Å². The molecule has 1 aliphatic rings. The second-order valence-corrected chi connectivity index (χ2v) is 8.92. The van der Waals surface area contributed by atoms with Crippen LogP contribution in [0.1, 0.15) is 42.7 Å². The van der Waals surface area contributed by atoms with E-state index in [2.05, 4.69) is 61.0 Å². The lowest BCUT2D eigenvalue weighted by Gasteiger charge is -2.15. The Kier molecular flexibility index (Phi) is 4.14.